The molecule has 3 aromatic rings. The van der Waals surface area contributed by atoms with Crippen LogP contribution in [-0.2, 0) is 10.3 Å². The zero-order valence-electron chi connectivity index (χ0n) is 13.1. The van der Waals surface area contributed by atoms with Gasteiger partial charge in [0, 0.05) is 16.7 Å². The zero-order chi connectivity index (χ0) is 16.3. The molecule has 2 heterocycles. The average molecular weight is 314 g/mol. The van der Waals surface area contributed by atoms with Crippen molar-refractivity contribution in [2.24, 2.45) is 0 Å². The number of hydrogen-bond acceptors (Lipinski definition) is 3. The maximum atomic E-state index is 12.6. The highest BCUT2D eigenvalue weighted by molar-refractivity contribution is 5.97. The van der Waals surface area contributed by atoms with Gasteiger partial charge in [-0.25, -0.2) is 4.79 Å². The summed E-state index contributed by atoms with van der Waals surface area (Å²) in [5.41, 5.74) is 3.38. The van der Waals surface area contributed by atoms with Crippen molar-refractivity contribution in [1.82, 2.24) is 0 Å². The fraction of sp³-hybridized carbons (Fsp3) is 0.0952. The van der Waals surface area contributed by atoms with Crippen LogP contribution in [0.25, 0.3) is 0 Å². The van der Waals surface area contributed by atoms with E-state index in [4.69, 9.17) is 9.47 Å². The van der Waals surface area contributed by atoms with E-state index in [1.807, 2.05) is 73.7 Å². The Hall–Kier alpha value is -3.07. The lowest BCUT2D eigenvalue weighted by Gasteiger charge is -2.36. The van der Waals surface area contributed by atoms with Crippen LogP contribution >= 0.6 is 0 Å². The number of para-hydroxylation sites is 1. The Balaban J connectivity index is 1.93. The van der Waals surface area contributed by atoms with Gasteiger partial charge in [-0.1, -0.05) is 48.0 Å². The lowest BCUT2D eigenvalue weighted by Crippen LogP contribution is -2.33. The summed E-state index contributed by atoms with van der Waals surface area (Å²) in [5, 5.41) is 0. The van der Waals surface area contributed by atoms with E-state index in [2.05, 4.69) is 0 Å². The largest absolute Gasteiger partial charge is 0.456 e. The van der Waals surface area contributed by atoms with Crippen molar-refractivity contribution in [2.75, 3.05) is 0 Å². The third kappa shape index (κ3) is 1.54. The second kappa shape index (κ2) is 4.48. The molecule has 0 saturated carbocycles. The Morgan fingerprint density at radius 3 is 2.38 bits per heavy atom. The highest BCUT2D eigenvalue weighted by Crippen LogP contribution is 2.55. The molecule has 2 aliphatic heterocycles. The Morgan fingerprint density at radius 2 is 1.50 bits per heavy atom. The topological polar surface area (TPSA) is 35.5 Å². The van der Waals surface area contributed by atoms with Gasteiger partial charge in [-0.05, 0) is 31.2 Å². The van der Waals surface area contributed by atoms with E-state index in [1.54, 1.807) is 0 Å². The number of esters is 1. The minimum absolute atomic E-state index is 0.297. The monoisotopic (exact) mass is 314 g/mol. The summed E-state index contributed by atoms with van der Waals surface area (Å²) >= 11 is 0. The first-order valence-corrected chi connectivity index (χ1v) is 7.91. The molecule has 0 radical (unpaired) electrons. The molecular weight excluding hydrogens is 300 g/mol. The zero-order valence-corrected chi connectivity index (χ0v) is 13.1. The molecule has 0 aromatic heterocycles. The van der Waals surface area contributed by atoms with Gasteiger partial charge in [-0.2, -0.15) is 0 Å². The van der Waals surface area contributed by atoms with E-state index in [0.29, 0.717) is 5.56 Å². The molecule has 0 N–H and O–H groups in total. The number of aryl methyl sites for hydroxylation is 1. The Kier molecular flexibility index (Phi) is 2.50. The first-order valence-electron chi connectivity index (χ1n) is 7.91. The number of rotatable bonds is 0. The molecular formula is C21H14O3. The fourth-order valence-corrected chi connectivity index (χ4v) is 3.74. The lowest BCUT2D eigenvalue weighted by molar-refractivity contribution is 0.0224. The Morgan fingerprint density at radius 1 is 0.792 bits per heavy atom. The smallest absolute Gasteiger partial charge is 0.340 e. The molecule has 2 aliphatic rings. The number of carbonyl (C=O) groups is 1. The average Bonchev–Trinajstić information content (AvgIpc) is 2.90. The quantitative estimate of drug-likeness (QED) is 0.571. The van der Waals surface area contributed by atoms with Crippen LogP contribution in [0.15, 0.2) is 66.7 Å². The molecule has 3 heteroatoms. The van der Waals surface area contributed by atoms with Gasteiger partial charge in [0.15, 0.2) is 5.60 Å². The summed E-state index contributed by atoms with van der Waals surface area (Å²) in [6, 6.07) is 21.3. The predicted octanol–water partition coefficient (Wildman–Crippen LogP) is 4.56. The van der Waals surface area contributed by atoms with Crippen LogP contribution in [0.2, 0.25) is 0 Å². The van der Waals surface area contributed by atoms with E-state index in [-0.39, 0.29) is 5.97 Å². The maximum absolute atomic E-state index is 12.6. The number of hydrogen-bond donors (Lipinski definition) is 0. The normalized spacial score (nSPS) is 20.0. The van der Waals surface area contributed by atoms with Crippen LogP contribution in [0.1, 0.15) is 32.6 Å². The second-order valence-electron chi connectivity index (χ2n) is 6.21. The minimum atomic E-state index is -0.941. The first-order chi connectivity index (χ1) is 11.7. The van der Waals surface area contributed by atoms with Gasteiger partial charge in [-0.3, -0.25) is 0 Å². The Bertz CT molecular complexity index is 1010. The molecule has 0 fully saturated rings. The minimum Gasteiger partial charge on any atom is -0.456 e. The van der Waals surface area contributed by atoms with Crippen LogP contribution in [0.3, 0.4) is 0 Å². The molecule has 0 saturated heterocycles. The maximum Gasteiger partial charge on any atom is 0.340 e. The highest BCUT2D eigenvalue weighted by atomic mass is 16.6. The highest BCUT2D eigenvalue weighted by Gasteiger charge is 2.53. The van der Waals surface area contributed by atoms with E-state index in [1.165, 1.54) is 0 Å². The SMILES string of the molecule is Cc1ccc2c(c1)C1(OC(=O)c3ccccc31)c1ccccc1O2. The van der Waals surface area contributed by atoms with Crippen molar-refractivity contribution in [3.05, 3.63) is 94.5 Å². The van der Waals surface area contributed by atoms with Crippen molar-refractivity contribution < 1.29 is 14.3 Å². The molecule has 1 unspecified atom stereocenters. The standard InChI is InChI=1S/C21H14O3/c1-13-10-11-19-17(12-13)21(16-8-4-5-9-18(16)23-19)15-7-3-2-6-14(15)20(22)24-21/h2-12H,1H3. The van der Waals surface area contributed by atoms with Crippen LogP contribution in [0, 0.1) is 6.92 Å². The molecule has 1 spiro atoms. The van der Waals surface area contributed by atoms with Crippen LogP contribution < -0.4 is 4.74 Å². The summed E-state index contributed by atoms with van der Waals surface area (Å²) in [4.78, 5) is 12.6. The predicted molar refractivity (Wildman–Crippen MR) is 89.4 cm³/mol. The van der Waals surface area contributed by atoms with E-state index in [9.17, 15) is 4.79 Å². The Labute approximate surface area is 139 Å². The molecule has 116 valence electrons. The summed E-state index contributed by atoms with van der Waals surface area (Å²) in [6.45, 7) is 2.02. The van der Waals surface area contributed by atoms with Crippen LogP contribution in [0.4, 0.5) is 0 Å². The van der Waals surface area contributed by atoms with Crippen molar-refractivity contribution in [1.29, 1.82) is 0 Å². The molecule has 3 aromatic carbocycles. The summed E-state index contributed by atoms with van der Waals surface area (Å²) in [5.74, 6) is 1.15. The number of carbonyl (C=O) groups excluding carboxylic acids is 1. The van der Waals surface area contributed by atoms with Gasteiger partial charge >= 0.3 is 5.97 Å². The second-order valence-corrected chi connectivity index (χ2v) is 6.21. The van der Waals surface area contributed by atoms with Crippen LogP contribution in [-0.4, -0.2) is 5.97 Å². The summed E-state index contributed by atoms with van der Waals surface area (Å²) < 4.78 is 12.1. The van der Waals surface area contributed by atoms with Gasteiger partial charge in [0.1, 0.15) is 11.5 Å². The molecule has 0 bridgehead atoms. The van der Waals surface area contributed by atoms with Gasteiger partial charge in [0.2, 0.25) is 0 Å². The summed E-state index contributed by atoms with van der Waals surface area (Å²) in [6.07, 6.45) is 0. The van der Waals surface area contributed by atoms with Crippen molar-refractivity contribution in [3.8, 4) is 11.5 Å². The van der Waals surface area contributed by atoms with E-state index < -0.39 is 5.60 Å². The third-order valence-corrected chi connectivity index (χ3v) is 4.77. The van der Waals surface area contributed by atoms with Crippen molar-refractivity contribution in [2.45, 2.75) is 12.5 Å². The number of ether oxygens (including phenoxy) is 2. The molecule has 24 heavy (non-hydrogen) atoms. The van der Waals surface area contributed by atoms with Gasteiger partial charge < -0.3 is 9.47 Å². The third-order valence-electron chi connectivity index (χ3n) is 4.77. The van der Waals surface area contributed by atoms with Crippen LogP contribution in [0.5, 0.6) is 11.5 Å². The van der Waals surface area contributed by atoms with E-state index in [0.717, 1.165) is 33.8 Å². The summed E-state index contributed by atoms with van der Waals surface area (Å²) in [7, 11) is 0. The lowest BCUT2D eigenvalue weighted by atomic mass is 9.77. The molecule has 3 nitrogen and oxygen atoms in total. The van der Waals surface area contributed by atoms with Crippen molar-refractivity contribution >= 4 is 5.97 Å². The van der Waals surface area contributed by atoms with Gasteiger partial charge in [-0.15, -0.1) is 0 Å². The molecule has 0 aliphatic carbocycles. The molecule has 1 atom stereocenters. The van der Waals surface area contributed by atoms with E-state index >= 15 is 0 Å². The van der Waals surface area contributed by atoms with Crippen molar-refractivity contribution in [3.63, 3.8) is 0 Å². The van der Waals surface area contributed by atoms with Gasteiger partial charge in [0.25, 0.3) is 0 Å². The first kappa shape index (κ1) is 13.4. The molecule has 0 amide bonds. The van der Waals surface area contributed by atoms with Gasteiger partial charge in [0.05, 0.1) is 5.56 Å². The number of benzene rings is 3. The number of fused-ring (bicyclic) bond motifs is 6. The fourth-order valence-electron chi connectivity index (χ4n) is 3.74. The molecule has 5 rings (SSSR count).